The zero-order valence-electron chi connectivity index (χ0n) is 15.7. The van der Waals surface area contributed by atoms with E-state index in [-0.39, 0.29) is 17.5 Å². The number of carbonyl (C=O) groups excluding carboxylic acids is 2. The van der Waals surface area contributed by atoms with Gasteiger partial charge in [0.05, 0.1) is 0 Å². The Morgan fingerprint density at radius 2 is 1.89 bits per heavy atom. The molecule has 142 valence electrons. The van der Waals surface area contributed by atoms with E-state index >= 15 is 0 Å². The molecule has 0 aliphatic rings. The van der Waals surface area contributed by atoms with Crippen molar-refractivity contribution in [3.63, 3.8) is 0 Å². The topological polar surface area (TPSA) is 71.1 Å². The van der Waals surface area contributed by atoms with Gasteiger partial charge in [0.2, 0.25) is 0 Å². The molecule has 0 atom stereocenters. The van der Waals surface area contributed by atoms with Gasteiger partial charge in [-0.05, 0) is 60.7 Å². The lowest BCUT2D eigenvalue weighted by Crippen LogP contribution is -2.34. The molecular weight excluding hydrogens is 370 g/mol. The molecule has 28 heavy (non-hydrogen) atoms. The summed E-state index contributed by atoms with van der Waals surface area (Å²) in [6, 6.07) is 12.9. The maximum Gasteiger partial charge on any atom is 0.268 e. The van der Waals surface area contributed by atoms with Gasteiger partial charge in [-0.2, -0.15) is 0 Å². The van der Waals surface area contributed by atoms with Crippen LogP contribution in [0, 0.1) is 13.8 Å². The molecule has 2 N–H and O–H groups in total. The predicted molar refractivity (Wildman–Crippen MR) is 112 cm³/mol. The minimum Gasteiger partial charge on any atom is -0.347 e. The molecule has 2 amide bonds. The van der Waals surface area contributed by atoms with Crippen molar-refractivity contribution in [1.29, 1.82) is 0 Å². The first kappa shape index (κ1) is 19.5. The molecule has 3 aromatic rings. The van der Waals surface area contributed by atoms with Gasteiger partial charge in [-0.25, -0.2) is 0 Å². The van der Waals surface area contributed by atoms with Crippen LogP contribution in [-0.4, -0.2) is 16.8 Å². The number of amides is 2. The summed E-state index contributed by atoms with van der Waals surface area (Å²) in [5.74, 6) is -0.672. The number of nitrogens with zero attached hydrogens (tertiary/aromatic N) is 1. The second-order valence-corrected chi connectivity index (χ2v) is 7.34. The first-order valence-electron chi connectivity index (χ1n) is 8.84. The van der Waals surface area contributed by atoms with Crippen molar-refractivity contribution in [3.8, 4) is 0 Å². The van der Waals surface area contributed by atoms with Crippen LogP contribution in [-0.2, 0) is 11.3 Å². The van der Waals surface area contributed by atoms with Gasteiger partial charge in [0, 0.05) is 29.4 Å². The smallest absolute Gasteiger partial charge is 0.268 e. The molecule has 2 aromatic heterocycles. The minimum atomic E-state index is -0.350. The summed E-state index contributed by atoms with van der Waals surface area (Å²) in [6.45, 7) is 4.25. The quantitative estimate of drug-likeness (QED) is 0.627. The summed E-state index contributed by atoms with van der Waals surface area (Å²) in [4.78, 5) is 30.4. The average molecular weight is 391 g/mol. The number of hydrogen-bond donors (Lipinski definition) is 2. The third-order valence-corrected chi connectivity index (χ3v) is 5.13. The largest absolute Gasteiger partial charge is 0.347 e. The zero-order valence-corrected chi connectivity index (χ0v) is 16.5. The second kappa shape index (κ2) is 9.10. The van der Waals surface area contributed by atoms with Gasteiger partial charge in [0.15, 0.2) is 0 Å². The van der Waals surface area contributed by atoms with Gasteiger partial charge >= 0.3 is 0 Å². The van der Waals surface area contributed by atoms with E-state index in [0.29, 0.717) is 12.1 Å². The number of carbonyl (C=O) groups is 2. The maximum atomic E-state index is 12.8. The maximum absolute atomic E-state index is 12.8. The molecular formula is C22H21N3O2S. The molecule has 0 fully saturated rings. The average Bonchev–Trinajstić information content (AvgIpc) is 3.11. The number of aromatic nitrogens is 1. The van der Waals surface area contributed by atoms with Crippen LogP contribution < -0.4 is 10.6 Å². The molecule has 0 saturated heterocycles. The van der Waals surface area contributed by atoms with Crippen LogP contribution in [0.2, 0.25) is 0 Å². The van der Waals surface area contributed by atoms with Crippen LogP contribution in [0.1, 0.15) is 31.9 Å². The second-order valence-electron chi connectivity index (χ2n) is 6.39. The summed E-state index contributed by atoms with van der Waals surface area (Å²) >= 11 is 1.52. The Labute approximate surface area is 168 Å². The molecule has 0 aliphatic heterocycles. The molecule has 2 heterocycles. The molecule has 5 nitrogen and oxygen atoms in total. The SMILES string of the molecule is Cc1ccc(C(=O)NC(=Cc2sccc2C)C(=O)NCc2cccnc2)cc1. The van der Waals surface area contributed by atoms with Gasteiger partial charge in [0.1, 0.15) is 5.70 Å². The number of thiophene rings is 1. The molecule has 0 bridgehead atoms. The first-order valence-corrected chi connectivity index (χ1v) is 9.72. The van der Waals surface area contributed by atoms with Crippen LogP contribution in [0.4, 0.5) is 0 Å². The summed E-state index contributed by atoms with van der Waals surface area (Å²) < 4.78 is 0. The number of benzene rings is 1. The number of rotatable bonds is 6. The highest BCUT2D eigenvalue weighted by molar-refractivity contribution is 7.11. The molecule has 6 heteroatoms. The Balaban J connectivity index is 1.79. The van der Waals surface area contributed by atoms with Gasteiger partial charge in [-0.15, -0.1) is 11.3 Å². The Morgan fingerprint density at radius 3 is 2.54 bits per heavy atom. The molecule has 0 unspecified atom stereocenters. The van der Waals surface area contributed by atoms with Crippen LogP contribution in [0.25, 0.3) is 6.08 Å². The Morgan fingerprint density at radius 1 is 1.11 bits per heavy atom. The summed E-state index contributed by atoms with van der Waals surface area (Å²) in [5, 5.41) is 7.55. The minimum absolute atomic E-state index is 0.208. The third-order valence-electron chi connectivity index (χ3n) is 4.16. The van der Waals surface area contributed by atoms with E-state index in [1.807, 2.05) is 49.6 Å². The van der Waals surface area contributed by atoms with E-state index in [1.165, 1.54) is 11.3 Å². The van der Waals surface area contributed by atoms with Crippen molar-refractivity contribution in [3.05, 3.63) is 93.1 Å². The molecule has 0 radical (unpaired) electrons. The standard InChI is InChI=1S/C22H21N3O2S/c1-15-5-7-18(8-6-15)21(26)25-19(12-20-16(2)9-11-28-20)22(27)24-14-17-4-3-10-23-13-17/h3-13H,14H2,1-2H3,(H,24,27)(H,25,26). The molecule has 0 saturated carbocycles. The first-order chi connectivity index (χ1) is 13.5. The van der Waals surface area contributed by atoms with Gasteiger partial charge in [-0.3, -0.25) is 14.6 Å². The van der Waals surface area contributed by atoms with Gasteiger partial charge in [-0.1, -0.05) is 23.8 Å². The molecule has 1 aromatic carbocycles. The molecule has 0 spiro atoms. The molecule has 0 aliphatic carbocycles. The van der Waals surface area contributed by atoms with E-state index < -0.39 is 0 Å². The van der Waals surface area contributed by atoms with Crippen LogP contribution in [0.15, 0.2) is 65.9 Å². The lowest BCUT2D eigenvalue weighted by molar-refractivity contribution is -0.117. The Hall–Kier alpha value is -3.25. The number of nitrogens with one attached hydrogen (secondary N) is 2. The van der Waals surface area contributed by atoms with E-state index in [1.54, 1.807) is 30.6 Å². The fraction of sp³-hybridized carbons (Fsp3) is 0.136. The van der Waals surface area contributed by atoms with Crippen molar-refractivity contribution < 1.29 is 9.59 Å². The van der Waals surface area contributed by atoms with E-state index in [4.69, 9.17) is 0 Å². The highest BCUT2D eigenvalue weighted by Crippen LogP contribution is 2.19. The normalized spacial score (nSPS) is 11.1. The lowest BCUT2D eigenvalue weighted by Gasteiger charge is -2.11. The summed E-state index contributed by atoms with van der Waals surface area (Å²) in [6.07, 6.45) is 5.08. The highest BCUT2D eigenvalue weighted by atomic mass is 32.1. The monoisotopic (exact) mass is 391 g/mol. The van der Waals surface area contributed by atoms with E-state index in [9.17, 15) is 9.59 Å². The van der Waals surface area contributed by atoms with E-state index in [0.717, 1.165) is 21.6 Å². The van der Waals surface area contributed by atoms with Crippen molar-refractivity contribution in [2.75, 3.05) is 0 Å². The van der Waals surface area contributed by atoms with Crippen LogP contribution in [0.3, 0.4) is 0 Å². The van der Waals surface area contributed by atoms with Gasteiger partial charge in [0.25, 0.3) is 11.8 Å². The van der Waals surface area contributed by atoms with Crippen molar-refractivity contribution >= 4 is 29.2 Å². The van der Waals surface area contributed by atoms with Crippen LogP contribution in [0.5, 0.6) is 0 Å². The summed E-state index contributed by atoms with van der Waals surface area (Å²) in [5.41, 5.74) is 3.70. The summed E-state index contributed by atoms with van der Waals surface area (Å²) in [7, 11) is 0. The van der Waals surface area contributed by atoms with Crippen molar-refractivity contribution in [2.45, 2.75) is 20.4 Å². The van der Waals surface area contributed by atoms with Gasteiger partial charge < -0.3 is 10.6 Å². The Kier molecular flexibility index (Phi) is 6.34. The molecule has 3 rings (SSSR count). The van der Waals surface area contributed by atoms with Crippen LogP contribution >= 0.6 is 11.3 Å². The lowest BCUT2D eigenvalue weighted by atomic mass is 10.1. The number of pyridine rings is 1. The fourth-order valence-electron chi connectivity index (χ4n) is 2.50. The fourth-order valence-corrected chi connectivity index (χ4v) is 3.36. The number of aryl methyl sites for hydroxylation is 2. The van der Waals surface area contributed by atoms with E-state index in [2.05, 4.69) is 15.6 Å². The predicted octanol–water partition coefficient (Wildman–Crippen LogP) is 3.85. The van der Waals surface area contributed by atoms with Crippen molar-refractivity contribution in [1.82, 2.24) is 15.6 Å². The third kappa shape index (κ3) is 5.14. The number of hydrogen-bond acceptors (Lipinski definition) is 4. The Bertz CT molecular complexity index is 992. The highest BCUT2D eigenvalue weighted by Gasteiger charge is 2.15. The van der Waals surface area contributed by atoms with Crippen molar-refractivity contribution in [2.24, 2.45) is 0 Å². The zero-order chi connectivity index (χ0) is 19.9.